The summed E-state index contributed by atoms with van der Waals surface area (Å²) in [4.78, 5) is 25.4. The minimum Gasteiger partial charge on any atom is -0.464 e. The molecule has 0 saturated carbocycles. The van der Waals surface area contributed by atoms with Crippen molar-refractivity contribution in [2.45, 2.75) is 38.6 Å². The molecule has 1 saturated heterocycles. The van der Waals surface area contributed by atoms with Crippen LogP contribution in [-0.2, 0) is 9.53 Å². The third-order valence-corrected chi connectivity index (χ3v) is 4.70. The van der Waals surface area contributed by atoms with E-state index in [0.717, 1.165) is 12.8 Å². The van der Waals surface area contributed by atoms with E-state index in [1.54, 1.807) is 13.0 Å². The van der Waals surface area contributed by atoms with E-state index in [1.807, 2.05) is 4.90 Å². The standard InChI is InChI=1S/C17H23N5O6/c1-2-27-17(24)12-6-3-4-8-21(12)13-10-11(18-7-5-9-23)16(22(25)26)15-14(13)19-28-20-15/h10,12,18,23H,2-9H2,1H3. The van der Waals surface area contributed by atoms with Gasteiger partial charge in [0, 0.05) is 19.7 Å². The molecule has 1 aliphatic heterocycles. The lowest BCUT2D eigenvalue weighted by atomic mass is 10.0. The van der Waals surface area contributed by atoms with Crippen LogP contribution in [0, 0.1) is 10.1 Å². The van der Waals surface area contributed by atoms with Crippen molar-refractivity contribution in [2.24, 2.45) is 0 Å². The van der Waals surface area contributed by atoms with E-state index in [2.05, 4.69) is 15.6 Å². The van der Waals surface area contributed by atoms with Crippen molar-refractivity contribution in [3.8, 4) is 0 Å². The Kier molecular flexibility index (Phi) is 6.24. The largest absolute Gasteiger partial charge is 0.464 e. The summed E-state index contributed by atoms with van der Waals surface area (Å²) in [6, 6.07) is 1.10. The molecule has 11 nitrogen and oxygen atoms in total. The molecule has 0 amide bonds. The number of nitrogens with one attached hydrogen (secondary N) is 1. The Hall–Kier alpha value is -2.95. The predicted octanol–water partition coefficient (Wildman–Crippen LogP) is 1.85. The third-order valence-electron chi connectivity index (χ3n) is 4.70. The van der Waals surface area contributed by atoms with Crippen molar-refractivity contribution in [3.63, 3.8) is 0 Å². The lowest BCUT2D eigenvalue weighted by Crippen LogP contribution is -2.45. The van der Waals surface area contributed by atoms with Gasteiger partial charge in [0.25, 0.3) is 0 Å². The first-order chi connectivity index (χ1) is 13.6. The van der Waals surface area contributed by atoms with Crippen LogP contribution < -0.4 is 10.2 Å². The highest BCUT2D eigenvalue weighted by molar-refractivity contribution is 6.00. The number of nitrogens with zero attached hydrogens (tertiary/aromatic N) is 4. The van der Waals surface area contributed by atoms with Crippen LogP contribution in [0.25, 0.3) is 11.0 Å². The first-order valence-corrected chi connectivity index (χ1v) is 9.30. The number of benzene rings is 1. The second kappa shape index (κ2) is 8.83. The van der Waals surface area contributed by atoms with Crippen LogP contribution >= 0.6 is 0 Å². The minimum absolute atomic E-state index is 0.0159. The second-order valence-electron chi connectivity index (χ2n) is 6.47. The molecule has 0 bridgehead atoms. The van der Waals surface area contributed by atoms with Crippen LogP contribution in [0.4, 0.5) is 17.1 Å². The van der Waals surface area contributed by atoms with Gasteiger partial charge in [-0.05, 0) is 49.0 Å². The average Bonchev–Trinajstić information content (AvgIpc) is 3.16. The van der Waals surface area contributed by atoms with Crippen LogP contribution in [0.15, 0.2) is 10.7 Å². The number of nitro benzene ring substituents is 1. The normalized spacial score (nSPS) is 16.9. The highest BCUT2D eigenvalue weighted by Crippen LogP contribution is 2.40. The molecule has 2 aromatic rings. The highest BCUT2D eigenvalue weighted by atomic mass is 16.6. The van der Waals surface area contributed by atoms with Gasteiger partial charge in [-0.25, -0.2) is 9.42 Å². The summed E-state index contributed by atoms with van der Waals surface area (Å²) in [5.74, 6) is -0.333. The molecular formula is C17H23N5O6. The maximum atomic E-state index is 12.5. The van der Waals surface area contributed by atoms with E-state index in [4.69, 9.17) is 14.5 Å². The number of carbonyl (C=O) groups is 1. The Balaban J connectivity index is 2.08. The number of aromatic nitrogens is 2. The number of fused-ring (bicyclic) bond motifs is 1. The quantitative estimate of drug-likeness (QED) is 0.295. The fraction of sp³-hybridized carbons (Fsp3) is 0.588. The number of aliphatic hydroxyl groups is 1. The molecule has 1 fully saturated rings. The summed E-state index contributed by atoms with van der Waals surface area (Å²) < 4.78 is 10.0. The number of hydrogen-bond acceptors (Lipinski definition) is 10. The molecule has 1 aromatic heterocycles. The van der Waals surface area contributed by atoms with Gasteiger partial charge in [0.2, 0.25) is 5.52 Å². The van der Waals surface area contributed by atoms with Crippen molar-refractivity contribution in [3.05, 3.63) is 16.2 Å². The van der Waals surface area contributed by atoms with Gasteiger partial charge in [0.1, 0.15) is 11.7 Å². The smallest absolute Gasteiger partial charge is 0.328 e. The average molecular weight is 393 g/mol. The van der Waals surface area contributed by atoms with Crippen LogP contribution in [0.3, 0.4) is 0 Å². The Morgan fingerprint density at radius 2 is 2.25 bits per heavy atom. The van der Waals surface area contributed by atoms with Crippen LogP contribution in [-0.4, -0.2) is 58.7 Å². The van der Waals surface area contributed by atoms with Crippen LogP contribution in [0.2, 0.25) is 0 Å². The summed E-state index contributed by atoms with van der Waals surface area (Å²) >= 11 is 0. The second-order valence-corrected chi connectivity index (χ2v) is 6.47. The molecule has 2 N–H and O–H groups in total. The SMILES string of the molecule is CCOC(=O)C1CCCCN1c1cc(NCCCO)c([N+](=O)[O-])c2nonc12. The number of piperidine rings is 1. The molecule has 1 atom stereocenters. The number of carbonyl (C=O) groups excluding carboxylic acids is 1. The van der Waals surface area contributed by atoms with Crippen LogP contribution in [0.1, 0.15) is 32.6 Å². The van der Waals surface area contributed by atoms with Gasteiger partial charge in [-0.15, -0.1) is 0 Å². The summed E-state index contributed by atoms with van der Waals surface area (Å²) in [5.41, 5.74) is 0.774. The molecule has 2 heterocycles. The topological polar surface area (TPSA) is 144 Å². The maximum absolute atomic E-state index is 12.5. The Morgan fingerprint density at radius 3 is 2.96 bits per heavy atom. The molecular weight excluding hydrogens is 370 g/mol. The van der Waals surface area contributed by atoms with Gasteiger partial charge in [-0.1, -0.05) is 0 Å². The highest BCUT2D eigenvalue weighted by Gasteiger charge is 2.34. The van der Waals surface area contributed by atoms with E-state index in [1.165, 1.54) is 0 Å². The lowest BCUT2D eigenvalue weighted by molar-refractivity contribution is -0.382. The number of ether oxygens (including phenoxy) is 1. The molecule has 1 aliphatic rings. The van der Waals surface area contributed by atoms with E-state index in [-0.39, 0.29) is 41.6 Å². The van der Waals surface area contributed by atoms with Crippen molar-refractivity contribution in [1.29, 1.82) is 0 Å². The van der Waals surface area contributed by atoms with Crippen molar-refractivity contribution >= 4 is 34.1 Å². The van der Waals surface area contributed by atoms with Crippen molar-refractivity contribution < 1.29 is 24.2 Å². The Labute approximate surface area is 160 Å². The number of anilines is 2. The van der Waals surface area contributed by atoms with Gasteiger partial charge in [0.15, 0.2) is 5.52 Å². The monoisotopic (exact) mass is 393 g/mol. The Morgan fingerprint density at radius 1 is 1.46 bits per heavy atom. The molecule has 0 radical (unpaired) electrons. The van der Waals surface area contributed by atoms with Crippen molar-refractivity contribution in [2.75, 3.05) is 36.5 Å². The zero-order chi connectivity index (χ0) is 20.1. The van der Waals surface area contributed by atoms with Crippen molar-refractivity contribution in [1.82, 2.24) is 10.3 Å². The van der Waals surface area contributed by atoms with Gasteiger partial charge < -0.3 is 20.1 Å². The molecule has 1 unspecified atom stereocenters. The third kappa shape index (κ3) is 3.84. The van der Waals surface area contributed by atoms with Gasteiger partial charge in [-0.2, -0.15) is 0 Å². The number of aliphatic hydroxyl groups excluding tert-OH is 1. The fourth-order valence-electron chi connectivity index (χ4n) is 3.46. The number of nitro groups is 1. The van der Waals surface area contributed by atoms with Gasteiger partial charge in [0.05, 0.1) is 17.2 Å². The van der Waals surface area contributed by atoms with E-state index in [0.29, 0.717) is 31.6 Å². The first kappa shape index (κ1) is 19.8. The number of rotatable bonds is 8. The molecule has 152 valence electrons. The molecule has 0 aliphatic carbocycles. The summed E-state index contributed by atoms with van der Waals surface area (Å²) in [7, 11) is 0. The zero-order valence-corrected chi connectivity index (χ0v) is 15.6. The summed E-state index contributed by atoms with van der Waals surface area (Å²) in [5, 5.41) is 31.2. The van der Waals surface area contributed by atoms with E-state index >= 15 is 0 Å². The number of hydrogen-bond donors (Lipinski definition) is 2. The summed E-state index contributed by atoms with van der Waals surface area (Å²) in [6.07, 6.45) is 2.80. The molecule has 11 heteroatoms. The Bertz CT molecular complexity index is 854. The predicted molar refractivity (Wildman–Crippen MR) is 100 cm³/mol. The minimum atomic E-state index is -0.545. The number of esters is 1. The summed E-state index contributed by atoms with van der Waals surface area (Å²) in [6.45, 7) is 2.91. The fourth-order valence-corrected chi connectivity index (χ4v) is 3.46. The molecule has 28 heavy (non-hydrogen) atoms. The van der Waals surface area contributed by atoms with E-state index in [9.17, 15) is 14.9 Å². The van der Waals surface area contributed by atoms with Crippen LogP contribution in [0.5, 0.6) is 0 Å². The van der Waals surface area contributed by atoms with E-state index < -0.39 is 11.0 Å². The van der Waals surface area contributed by atoms with Gasteiger partial charge in [-0.3, -0.25) is 10.1 Å². The lowest BCUT2D eigenvalue weighted by Gasteiger charge is -2.35. The molecule has 1 aromatic carbocycles. The zero-order valence-electron chi connectivity index (χ0n) is 15.6. The molecule has 3 rings (SSSR count). The first-order valence-electron chi connectivity index (χ1n) is 9.30. The molecule has 0 spiro atoms. The van der Waals surface area contributed by atoms with Gasteiger partial charge >= 0.3 is 11.7 Å². The maximum Gasteiger partial charge on any atom is 0.328 e.